The van der Waals surface area contributed by atoms with E-state index in [0.717, 1.165) is 25.7 Å². The van der Waals surface area contributed by atoms with Crippen LogP contribution in [0.15, 0.2) is 34.6 Å². The van der Waals surface area contributed by atoms with E-state index in [0.29, 0.717) is 5.56 Å². The summed E-state index contributed by atoms with van der Waals surface area (Å²) in [5.41, 5.74) is -0.122. The number of nitrogens with one attached hydrogen (secondary N) is 1. The van der Waals surface area contributed by atoms with E-state index in [1.54, 1.807) is 0 Å². The van der Waals surface area contributed by atoms with E-state index in [1.807, 2.05) is 0 Å². The standard InChI is InChI=1S/C17H22N4O3/c22-16-13(8-18-11-20-16)10-21-12-19-9-15(17(21)23)24-14-6-4-2-1-3-5-7-14/h8-9,11-12,14H,1-7,10H2,(H,18,20,22). The van der Waals surface area contributed by atoms with E-state index in [1.165, 1.54) is 48.9 Å². The number of H-pyrrole nitrogens is 1. The third kappa shape index (κ3) is 4.10. The molecule has 1 aliphatic rings. The van der Waals surface area contributed by atoms with Crippen LogP contribution < -0.4 is 15.9 Å². The van der Waals surface area contributed by atoms with Gasteiger partial charge in [-0.2, -0.15) is 0 Å². The quantitative estimate of drug-likeness (QED) is 0.924. The molecule has 0 unspecified atom stereocenters. The lowest BCUT2D eigenvalue weighted by Gasteiger charge is -2.21. The lowest BCUT2D eigenvalue weighted by Crippen LogP contribution is -2.28. The molecule has 1 N–H and O–H groups in total. The molecule has 1 aliphatic carbocycles. The Kier molecular flexibility index (Phi) is 5.40. The van der Waals surface area contributed by atoms with Gasteiger partial charge >= 0.3 is 0 Å². The van der Waals surface area contributed by atoms with Crippen molar-refractivity contribution < 1.29 is 4.74 Å². The minimum absolute atomic E-state index is 0.0671. The van der Waals surface area contributed by atoms with Crippen LogP contribution in [0, 0.1) is 0 Å². The molecule has 0 aromatic carbocycles. The second-order valence-electron chi connectivity index (χ2n) is 6.18. The van der Waals surface area contributed by atoms with E-state index in [-0.39, 0.29) is 29.5 Å². The third-order valence-electron chi connectivity index (χ3n) is 4.35. The summed E-state index contributed by atoms with van der Waals surface area (Å²) in [4.78, 5) is 34.8. The topological polar surface area (TPSA) is 89.9 Å². The van der Waals surface area contributed by atoms with Gasteiger partial charge in [-0.25, -0.2) is 9.97 Å². The fourth-order valence-corrected chi connectivity index (χ4v) is 3.01. The first-order chi connectivity index (χ1) is 11.7. The molecular formula is C17H22N4O3. The first-order valence-corrected chi connectivity index (χ1v) is 8.46. The zero-order chi connectivity index (χ0) is 16.8. The molecule has 7 heteroatoms. The molecule has 0 aliphatic heterocycles. The molecule has 2 heterocycles. The maximum absolute atomic E-state index is 12.6. The van der Waals surface area contributed by atoms with Crippen LogP contribution in [-0.4, -0.2) is 25.6 Å². The van der Waals surface area contributed by atoms with E-state index >= 15 is 0 Å². The summed E-state index contributed by atoms with van der Waals surface area (Å²) in [5, 5.41) is 0. The molecule has 0 radical (unpaired) electrons. The predicted octanol–water partition coefficient (Wildman–Crippen LogP) is 1.87. The molecule has 0 amide bonds. The molecule has 0 atom stereocenters. The van der Waals surface area contributed by atoms with Crippen molar-refractivity contribution in [1.82, 2.24) is 19.5 Å². The number of aromatic nitrogens is 4. The number of aromatic amines is 1. The van der Waals surface area contributed by atoms with Crippen LogP contribution in [0.1, 0.15) is 50.5 Å². The minimum Gasteiger partial charge on any atom is -0.483 e. The molecule has 1 fully saturated rings. The average Bonchev–Trinajstić information content (AvgIpc) is 2.55. The largest absolute Gasteiger partial charge is 0.483 e. The van der Waals surface area contributed by atoms with Crippen molar-refractivity contribution in [2.45, 2.75) is 57.6 Å². The van der Waals surface area contributed by atoms with Crippen LogP contribution in [-0.2, 0) is 6.54 Å². The maximum Gasteiger partial charge on any atom is 0.296 e. The van der Waals surface area contributed by atoms with Gasteiger partial charge in [0.15, 0.2) is 0 Å². The lowest BCUT2D eigenvalue weighted by atomic mass is 9.98. The SMILES string of the molecule is O=c1[nH]cncc1Cn1cncc(OC2CCCCCCC2)c1=O. The Bertz CT molecular complexity index is 776. The zero-order valence-electron chi connectivity index (χ0n) is 13.6. The lowest BCUT2D eigenvalue weighted by molar-refractivity contribution is 0.162. The zero-order valence-corrected chi connectivity index (χ0v) is 13.6. The predicted molar refractivity (Wildman–Crippen MR) is 89.2 cm³/mol. The molecule has 7 nitrogen and oxygen atoms in total. The Labute approximate surface area is 139 Å². The van der Waals surface area contributed by atoms with E-state index in [9.17, 15) is 9.59 Å². The molecule has 0 saturated heterocycles. The number of nitrogens with zero attached hydrogens (tertiary/aromatic N) is 3. The highest BCUT2D eigenvalue weighted by Gasteiger charge is 2.16. The molecule has 128 valence electrons. The summed E-state index contributed by atoms with van der Waals surface area (Å²) in [7, 11) is 0. The second kappa shape index (κ2) is 7.90. The average molecular weight is 330 g/mol. The van der Waals surface area contributed by atoms with E-state index in [2.05, 4.69) is 15.0 Å². The van der Waals surface area contributed by atoms with Crippen molar-refractivity contribution >= 4 is 0 Å². The summed E-state index contributed by atoms with van der Waals surface area (Å²) < 4.78 is 7.31. The van der Waals surface area contributed by atoms with Crippen LogP contribution in [0.4, 0.5) is 0 Å². The number of ether oxygens (including phenoxy) is 1. The molecule has 0 bridgehead atoms. The Morgan fingerprint density at radius 1 is 1.08 bits per heavy atom. The molecule has 0 spiro atoms. The van der Waals surface area contributed by atoms with Gasteiger partial charge in [0, 0.05) is 6.20 Å². The van der Waals surface area contributed by atoms with Crippen LogP contribution in [0.2, 0.25) is 0 Å². The summed E-state index contributed by atoms with van der Waals surface area (Å²) in [6, 6.07) is 0. The molecular weight excluding hydrogens is 308 g/mol. The van der Waals surface area contributed by atoms with Crippen molar-refractivity contribution in [2.75, 3.05) is 0 Å². The Hall–Kier alpha value is -2.44. The van der Waals surface area contributed by atoms with Crippen molar-refractivity contribution in [3.8, 4) is 5.75 Å². The summed E-state index contributed by atoms with van der Waals surface area (Å²) in [6.07, 6.45) is 13.6. The van der Waals surface area contributed by atoms with E-state index < -0.39 is 0 Å². The number of rotatable bonds is 4. The fourth-order valence-electron chi connectivity index (χ4n) is 3.01. The van der Waals surface area contributed by atoms with Gasteiger partial charge in [-0.1, -0.05) is 19.3 Å². The van der Waals surface area contributed by atoms with Crippen molar-refractivity contribution in [2.24, 2.45) is 0 Å². The van der Waals surface area contributed by atoms with Gasteiger partial charge in [-0.05, 0) is 25.7 Å². The second-order valence-corrected chi connectivity index (χ2v) is 6.18. The first-order valence-electron chi connectivity index (χ1n) is 8.46. The molecule has 3 rings (SSSR count). The maximum atomic E-state index is 12.6. The van der Waals surface area contributed by atoms with Gasteiger partial charge in [0.05, 0.1) is 37.1 Å². The smallest absolute Gasteiger partial charge is 0.296 e. The van der Waals surface area contributed by atoms with Gasteiger partial charge < -0.3 is 9.72 Å². The minimum atomic E-state index is -0.268. The van der Waals surface area contributed by atoms with Crippen LogP contribution in [0.25, 0.3) is 0 Å². The number of hydrogen-bond donors (Lipinski definition) is 1. The Morgan fingerprint density at radius 2 is 1.83 bits per heavy atom. The Balaban J connectivity index is 1.76. The van der Waals surface area contributed by atoms with Crippen molar-refractivity contribution in [3.63, 3.8) is 0 Å². The molecule has 24 heavy (non-hydrogen) atoms. The highest BCUT2D eigenvalue weighted by Crippen LogP contribution is 2.20. The summed E-state index contributed by atoms with van der Waals surface area (Å²) in [5.74, 6) is 0.253. The Morgan fingerprint density at radius 3 is 2.58 bits per heavy atom. The normalized spacial score (nSPS) is 16.3. The van der Waals surface area contributed by atoms with Gasteiger partial charge in [0.2, 0.25) is 5.75 Å². The van der Waals surface area contributed by atoms with Gasteiger partial charge in [-0.3, -0.25) is 14.2 Å². The molecule has 1 saturated carbocycles. The highest BCUT2D eigenvalue weighted by molar-refractivity contribution is 5.14. The van der Waals surface area contributed by atoms with Gasteiger partial charge in [0.25, 0.3) is 11.1 Å². The monoisotopic (exact) mass is 330 g/mol. The number of hydrogen-bond acceptors (Lipinski definition) is 5. The molecule has 2 aromatic rings. The third-order valence-corrected chi connectivity index (χ3v) is 4.35. The van der Waals surface area contributed by atoms with Crippen LogP contribution in [0.5, 0.6) is 5.75 Å². The molecule has 2 aromatic heterocycles. The summed E-state index contributed by atoms with van der Waals surface area (Å²) in [6.45, 7) is 0.122. The van der Waals surface area contributed by atoms with Crippen molar-refractivity contribution in [1.29, 1.82) is 0 Å². The van der Waals surface area contributed by atoms with Gasteiger partial charge in [0.1, 0.15) is 0 Å². The summed E-state index contributed by atoms with van der Waals surface area (Å²) >= 11 is 0. The van der Waals surface area contributed by atoms with Crippen LogP contribution in [0.3, 0.4) is 0 Å². The van der Waals surface area contributed by atoms with Crippen molar-refractivity contribution in [3.05, 3.63) is 51.3 Å². The fraction of sp³-hybridized carbons (Fsp3) is 0.529. The first kappa shape index (κ1) is 16.4. The van der Waals surface area contributed by atoms with E-state index in [4.69, 9.17) is 4.74 Å². The highest BCUT2D eigenvalue weighted by atomic mass is 16.5. The van der Waals surface area contributed by atoms with Gasteiger partial charge in [-0.15, -0.1) is 0 Å². The van der Waals surface area contributed by atoms with Crippen LogP contribution >= 0.6 is 0 Å².